The first kappa shape index (κ1) is 15.2. The van der Waals surface area contributed by atoms with Crippen LogP contribution in [0.1, 0.15) is 39.7 Å². The fourth-order valence-electron chi connectivity index (χ4n) is 2.54. The van der Waals surface area contributed by atoms with Gasteiger partial charge in [0.15, 0.2) is 5.79 Å². The van der Waals surface area contributed by atoms with Crippen molar-refractivity contribution in [2.24, 2.45) is 5.41 Å². The zero-order valence-electron chi connectivity index (χ0n) is 12.8. The Balaban J connectivity index is 2.07. The molecule has 1 heterocycles. The molecule has 1 aliphatic rings. The van der Waals surface area contributed by atoms with Crippen molar-refractivity contribution >= 4 is 5.78 Å². The second-order valence-corrected chi connectivity index (χ2v) is 6.45. The van der Waals surface area contributed by atoms with E-state index in [9.17, 15) is 4.79 Å². The van der Waals surface area contributed by atoms with Crippen molar-refractivity contribution in [1.29, 1.82) is 0 Å². The number of Topliss-reactive ketones (excluding diaryl/α,β-unsaturated/α-hetero) is 1. The van der Waals surface area contributed by atoms with Crippen molar-refractivity contribution in [3.63, 3.8) is 0 Å². The number of rotatable bonds is 4. The van der Waals surface area contributed by atoms with E-state index < -0.39 is 11.2 Å². The summed E-state index contributed by atoms with van der Waals surface area (Å²) in [5, 5.41) is 0. The molecule has 0 aliphatic carbocycles. The van der Waals surface area contributed by atoms with Crippen LogP contribution in [0.4, 0.5) is 0 Å². The predicted molar refractivity (Wildman–Crippen MR) is 78.5 cm³/mol. The second-order valence-electron chi connectivity index (χ2n) is 6.45. The third kappa shape index (κ3) is 3.47. The van der Waals surface area contributed by atoms with Crippen LogP contribution >= 0.6 is 0 Å². The van der Waals surface area contributed by atoms with Crippen LogP contribution in [0.25, 0.3) is 0 Å². The molecule has 1 aromatic carbocycles. The van der Waals surface area contributed by atoms with E-state index in [1.807, 2.05) is 58.0 Å². The van der Waals surface area contributed by atoms with Crippen molar-refractivity contribution in [1.82, 2.24) is 0 Å². The largest absolute Gasteiger partial charge is 0.350 e. The fourth-order valence-corrected chi connectivity index (χ4v) is 2.54. The van der Waals surface area contributed by atoms with Crippen LogP contribution < -0.4 is 0 Å². The quantitative estimate of drug-likeness (QED) is 0.846. The molecule has 3 nitrogen and oxygen atoms in total. The van der Waals surface area contributed by atoms with Crippen LogP contribution in [0, 0.1) is 5.41 Å². The number of hydrogen-bond acceptors (Lipinski definition) is 3. The Kier molecular flexibility index (Phi) is 4.31. The summed E-state index contributed by atoms with van der Waals surface area (Å²) in [5.41, 5.74) is 0.550. The normalized spacial score (nSPS) is 22.5. The molecule has 1 saturated heterocycles. The zero-order chi connectivity index (χ0) is 14.8. The number of carbonyl (C=O) groups excluding carboxylic acids is 1. The monoisotopic (exact) mass is 276 g/mol. The number of benzene rings is 1. The van der Waals surface area contributed by atoms with Crippen molar-refractivity contribution < 1.29 is 14.3 Å². The van der Waals surface area contributed by atoms with Gasteiger partial charge in [-0.1, -0.05) is 44.2 Å². The average Bonchev–Trinajstić information content (AvgIpc) is 2.38. The van der Waals surface area contributed by atoms with E-state index in [0.29, 0.717) is 13.0 Å². The minimum atomic E-state index is -0.604. The van der Waals surface area contributed by atoms with Gasteiger partial charge in [-0.15, -0.1) is 0 Å². The lowest BCUT2D eigenvalue weighted by molar-refractivity contribution is -0.288. The molecule has 0 amide bonds. The Labute approximate surface area is 121 Å². The van der Waals surface area contributed by atoms with E-state index in [2.05, 4.69) is 0 Å². The van der Waals surface area contributed by atoms with Gasteiger partial charge in [0.05, 0.1) is 18.1 Å². The fraction of sp³-hybridized carbons (Fsp3) is 0.588. The van der Waals surface area contributed by atoms with Gasteiger partial charge in [-0.05, 0) is 25.8 Å². The van der Waals surface area contributed by atoms with E-state index in [0.717, 1.165) is 12.0 Å². The third-order valence-electron chi connectivity index (χ3n) is 3.99. The van der Waals surface area contributed by atoms with Gasteiger partial charge in [-0.2, -0.15) is 0 Å². The van der Waals surface area contributed by atoms with E-state index in [1.54, 1.807) is 0 Å². The van der Waals surface area contributed by atoms with Gasteiger partial charge < -0.3 is 9.47 Å². The van der Waals surface area contributed by atoms with Crippen LogP contribution in [0.15, 0.2) is 30.3 Å². The molecule has 2 rings (SSSR count). The SMILES string of the molecule is CC1(C)OCCC(C(C)(C)C(=O)Cc2ccccc2)O1. The number of hydrogen-bond donors (Lipinski definition) is 0. The summed E-state index contributed by atoms with van der Waals surface area (Å²) in [6.07, 6.45) is 1.12. The lowest BCUT2D eigenvalue weighted by Crippen LogP contribution is -2.49. The molecule has 1 unspecified atom stereocenters. The number of carbonyl (C=O) groups is 1. The predicted octanol–water partition coefficient (Wildman–Crippen LogP) is 3.37. The van der Waals surface area contributed by atoms with Gasteiger partial charge in [-0.3, -0.25) is 4.79 Å². The standard InChI is InChI=1S/C17H24O3/c1-16(2,15-10-11-19-17(3,4)20-15)14(18)12-13-8-6-5-7-9-13/h5-9,15H,10-12H2,1-4H3. The summed E-state index contributed by atoms with van der Waals surface area (Å²) in [7, 11) is 0. The van der Waals surface area contributed by atoms with Gasteiger partial charge in [0, 0.05) is 6.42 Å². The van der Waals surface area contributed by atoms with E-state index >= 15 is 0 Å². The highest BCUT2D eigenvalue weighted by Gasteiger charge is 2.42. The first-order valence-corrected chi connectivity index (χ1v) is 7.20. The number of ether oxygens (including phenoxy) is 2. The maximum atomic E-state index is 12.6. The molecule has 20 heavy (non-hydrogen) atoms. The maximum Gasteiger partial charge on any atom is 0.163 e. The topological polar surface area (TPSA) is 35.5 Å². The molecule has 1 aliphatic heterocycles. The zero-order valence-corrected chi connectivity index (χ0v) is 12.8. The molecule has 3 heteroatoms. The van der Waals surface area contributed by atoms with Gasteiger partial charge in [0.25, 0.3) is 0 Å². The molecule has 110 valence electrons. The molecule has 0 bridgehead atoms. The van der Waals surface area contributed by atoms with Gasteiger partial charge in [-0.25, -0.2) is 0 Å². The van der Waals surface area contributed by atoms with Crippen LogP contribution in [0.5, 0.6) is 0 Å². The highest BCUT2D eigenvalue weighted by atomic mass is 16.7. The summed E-state index contributed by atoms with van der Waals surface area (Å²) in [6, 6.07) is 9.86. The molecular weight excluding hydrogens is 252 g/mol. The van der Waals surface area contributed by atoms with Crippen molar-refractivity contribution in [3.8, 4) is 0 Å². The lowest BCUT2D eigenvalue weighted by atomic mass is 9.78. The van der Waals surface area contributed by atoms with Crippen molar-refractivity contribution in [2.45, 2.75) is 52.4 Å². The third-order valence-corrected chi connectivity index (χ3v) is 3.99. The summed E-state index contributed by atoms with van der Waals surface area (Å²) in [5.74, 6) is -0.390. The van der Waals surface area contributed by atoms with Crippen LogP contribution in [-0.4, -0.2) is 24.3 Å². The Morgan fingerprint density at radius 1 is 1.30 bits per heavy atom. The molecule has 1 aromatic rings. The minimum Gasteiger partial charge on any atom is -0.350 e. The summed E-state index contributed by atoms with van der Waals surface area (Å²) < 4.78 is 11.5. The maximum absolute atomic E-state index is 12.6. The smallest absolute Gasteiger partial charge is 0.163 e. The molecule has 1 fully saturated rings. The second kappa shape index (κ2) is 5.66. The van der Waals surface area contributed by atoms with Gasteiger partial charge >= 0.3 is 0 Å². The molecule has 0 radical (unpaired) electrons. The Morgan fingerprint density at radius 3 is 2.55 bits per heavy atom. The molecule has 0 aromatic heterocycles. The first-order chi connectivity index (χ1) is 9.31. The van der Waals surface area contributed by atoms with Crippen molar-refractivity contribution in [3.05, 3.63) is 35.9 Å². The minimum absolute atomic E-state index is 0.0949. The highest BCUT2D eigenvalue weighted by Crippen LogP contribution is 2.35. The van der Waals surface area contributed by atoms with E-state index in [-0.39, 0.29) is 11.9 Å². The van der Waals surface area contributed by atoms with Gasteiger partial charge in [0.2, 0.25) is 0 Å². The summed E-state index contributed by atoms with van der Waals surface area (Å²) in [6.45, 7) is 8.39. The lowest BCUT2D eigenvalue weighted by Gasteiger charge is -2.42. The Morgan fingerprint density at radius 2 is 1.95 bits per heavy atom. The van der Waals surface area contributed by atoms with Crippen LogP contribution in [-0.2, 0) is 20.7 Å². The van der Waals surface area contributed by atoms with Crippen molar-refractivity contribution in [2.75, 3.05) is 6.61 Å². The molecule has 0 N–H and O–H groups in total. The van der Waals surface area contributed by atoms with Crippen LogP contribution in [0.2, 0.25) is 0 Å². The molecular formula is C17H24O3. The number of ketones is 1. The Hall–Kier alpha value is -1.19. The molecule has 0 spiro atoms. The van der Waals surface area contributed by atoms with Gasteiger partial charge in [0.1, 0.15) is 5.78 Å². The average molecular weight is 276 g/mol. The summed E-state index contributed by atoms with van der Waals surface area (Å²) in [4.78, 5) is 12.6. The highest BCUT2D eigenvalue weighted by molar-refractivity contribution is 5.86. The molecule has 0 saturated carbocycles. The molecule has 1 atom stereocenters. The van der Waals surface area contributed by atoms with E-state index in [4.69, 9.17) is 9.47 Å². The van der Waals surface area contributed by atoms with Crippen LogP contribution in [0.3, 0.4) is 0 Å². The summed E-state index contributed by atoms with van der Waals surface area (Å²) >= 11 is 0. The van der Waals surface area contributed by atoms with E-state index in [1.165, 1.54) is 0 Å². The first-order valence-electron chi connectivity index (χ1n) is 7.20. The Bertz CT molecular complexity index is 462.